The summed E-state index contributed by atoms with van der Waals surface area (Å²) in [5.41, 5.74) is 1.18. The zero-order valence-corrected chi connectivity index (χ0v) is 17.7. The third-order valence-electron chi connectivity index (χ3n) is 4.69. The quantitative estimate of drug-likeness (QED) is 0.557. The summed E-state index contributed by atoms with van der Waals surface area (Å²) in [6.45, 7) is 1.39. The van der Waals surface area contributed by atoms with Gasteiger partial charge in [0.1, 0.15) is 6.54 Å². The van der Waals surface area contributed by atoms with Crippen LogP contribution in [0.3, 0.4) is 0 Å². The summed E-state index contributed by atoms with van der Waals surface area (Å²) in [6.07, 6.45) is 0.570. The van der Waals surface area contributed by atoms with Gasteiger partial charge in [0.05, 0.1) is 21.8 Å². The SMILES string of the molecule is CCc1ccccc1N(CC(=O)Nc1ccccc1C(=O)O)S(=O)(=O)c1ccccc1. The Morgan fingerprint density at radius 1 is 0.903 bits per heavy atom. The second kappa shape index (κ2) is 9.44. The fourth-order valence-electron chi connectivity index (χ4n) is 3.17. The maximum Gasteiger partial charge on any atom is 0.337 e. The number of carbonyl (C=O) groups excluding carboxylic acids is 1. The maximum absolute atomic E-state index is 13.4. The van der Waals surface area contributed by atoms with E-state index in [1.165, 1.54) is 24.3 Å². The fraction of sp³-hybridized carbons (Fsp3) is 0.130. The Hall–Kier alpha value is -3.65. The number of carbonyl (C=O) groups is 2. The summed E-state index contributed by atoms with van der Waals surface area (Å²) in [4.78, 5) is 24.3. The van der Waals surface area contributed by atoms with Crippen molar-refractivity contribution in [2.24, 2.45) is 0 Å². The van der Waals surface area contributed by atoms with Gasteiger partial charge in [-0.15, -0.1) is 0 Å². The highest BCUT2D eigenvalue weighted by Gasteiger charge is 2.28. The lowest BCUT2D eigenvalue weighted by molar-refractivity contribution is -0.114. The van der Waals surface area contributed by atoms with Crippen molar-refractivity contribution in [1.82, 2.24) is 0 Å². The predicted molar refractivity (Wildman–Crippen MR) is 119 cm³/mol. The summed E-state index contributed by atoms with van der Waals surface area (Å²) >= 11 is 0. The average Bonchev–Trinajstić information content (AvgIpc) is 2.78. The standard InChI is InChI=1S/C23H22N2O5S/c1-2-17-10-6-9-15-21(17)25(31(29,30)18-11-4-3-5-12-18)16-22(26)24-20-14-8-7-13-19(20)23(27)28/h3-15H,2,16H2,1H3,(H,24,26)(H,27,28). The molecule has 0 fully saturated rings. The van der Waals surface area contributed by atoms with Crippen LogP contribution in [0.2, 0.25) is 0 Å². The number of aryl methyl sites for hydroxylation is 1. The highest BCUT2D eigenvalue weighted by atomic mass is 32.2. The van der Waals surface area contributed by atoms with Gasteiger partial charge >= 0.3 is 5.97 Å². The van der Waals surface area contributed by atoms with Crippen molar-refractivity contribution in [1.29, 1.82) is 0 Å². The number of aromatic carboxylic acids is 1. The molecule has 8 heteroatoms. The average molecular weight is 439 g/mol. The van der Waals surface area contributed by atoms with Crippen molar-refractivity contribution in [3.63, 3.8) is 0 Å². The molecule has 3 aromatic rings. The second-order valence-electron chi connectivity index (χ2n) is 6.71. The molecule has 0 saturated carbocycles. The van der Waals surface area contributed by atoms with Crippen LogP contribution in [0, 0.1) is 0 Å². The van der Waals surface area contributed by atoms with Crippen LogP contribution in [0.1, 0.15) is 22.8 Å². The number of hydrogen-bond acceptors (Lipinski definition) is 4. The van der Waals surface area contributed by atoms with E-state index >= 15 is 0 Å². The molecule has 2 N–H and O–H groups in total. The zero-order chi connectivity index (χ0) is 22.4. The number of carboxylic acids is 1. The van der Waals surface area contributed by atoms with Gasteiger partial charge in [-0.2, -0.15) is 0 Å². The highest BCUT2D eigenvalue weighted by molar-refractivity contribution is 7.92. The van der Waals surface area contributed by atoms with E-state index in [0.29, 0.717) is 12.1 Å². The normalized spacial score (nSPS) is 11.0. The lowest BCUT2D eigenvalue weighted by Gasteiger charge is -2.26. The molecule has 0 heterocycles. The Kier molecular flexibility index (Phi) is 6.71. The summed E-state index contributed by atoms with van der Waals surface area (Å²) in [5.74, 6) is -1.85. The van der Waals surface area contributed by atoms with Crippen LogP contribution in [-0.2, 0) is 21.2 Å². The molecule has 0 atom stereocenters. The molecule has 160 valence electrons. The molecule has 0 aliphatic rings. The first-order chi connectivity index (χ1) is 14.8. The number of amides is 1. The van der Waals surface area contributed by atoms with Crippen molar-refractivity contribution < 1.29 is 23.1 Å². The second-order valence-corrected chi connectivity index (χ2v) is 8.57. The Morgan fingerprint density at radius 3 is 2.19 bits per heavy atom. The summed E-state index contributed by atoms with van der Waals surface area (Å²) in [6, 6.07) is 20.8. The lowest BCUT2D eigenvalue weighted by Crippen LogP contribution is -2.38. The monoisotopic (exact) mass is 438 g/mol. The van der Waals surface area contributed by atoms with E-state index in [4.69, 9.17) is 0 Å². The number of carboxylic acid groups (broad SMARTS) is 1. The van der Waals surface area contributed by atoms with Gasteiger partial charge in [-0.05, 0) is 42.3 Å². The van der Waals surface area contributed by atoms with Gasteiger partial charge in [-0.3, -0.25) is 9.10 Å². The predicted octanol–water partition coefficient (Wildman–Crippen LogP) is 3.78. The van der Waals surface area contributed by atoms with E-state index in [-0.39, 0.29) is 16.1 Å². The number of rotatable bonds is 8. The minimum absolute atomic E-state index is 0.0552. The molecule has 31 heavy (non-hydrogen) atoms. The van der Waals surface area contributed by atoms with Crippen molar-refractivity contribution in [3.8, 4) is 0 Å². The maximum atomic E-state index is 13.4. The molecule has 0 saturated heterocycles. The van der Waals surface area contributed by atoms with Crippen molar-refractivity contribution in [2.45, 2.75) is 18.2 Å². The van der Waals surface area contributed by atoms with Crippen molar-refractivity contribution in [2.75, 3.05) is 16.2 Å². The van der Waals surface area contributed by atoms with E-state index in [0.717, 1.165) is 9.87 Å². The van der Waals surface area contributed by atoms with E-state index in [1.54, 1.807) is 54.6 Å². The van der Waals surface area contributed by atoms with Crippen LogP contribution in [0.4, 0.5) is 11.4 Å². The first-order valence-electron chi connectivity index (χ1n) is 9.62. The van der Waals surface area contributed by atoms with Gasteiger partial charge in [0.25, 0.3) is 10.0 Å². The van der Waals surface area contributed by atoms with Gasteiger partial charge in [-0.25, -0.2) is 13.2 Å². The summed E-state index contributed by atoms with van der Waals surface area (Å²) in [5, 5.41) is 11.9. The molecule has 0 aromatic heterocycles. The number of nitrogens with one attached hydrogen (secondary N) is 1. The molecular weight excluding hydrogens is 416 g/mol. The first-order valence-corrected chi connectivity index (χ1v) is 11.1. The van der Waals surface area contributed by atoms with Crippen LogP contribution >= 0.6 is 0 Å². The van der Waals surface area contributed by atoms with Crippen LogP contribution in [-0.4, -0.2) is 31.9 Å². The molecule has 0 unspecified atom stereocenters. The zero-order valence-electron chi connectivity index (χ0n) is 16.9. The van der Waals surface area contributed by atoms with Crippen molar-refractivity contribution in [3.05, 3.63) is 90.0 Å². The van der Waals surface area contributed by atoms with E-state index in [9.17, 15) is 23.1 Å². The van der Waals surface area contributed by atoms with Gasteiger partial charge in [0.2, 0.25) is 5.91 Å². The molecule has 0 aliphatic carbocycles. The third-order valence-corrected chi connectivity index (χ3v) is 6.47. The Labute approximate surface area is 181 Å². The molecule has 7 nitrogen and oxygen atoms in total. The molecule has 3 rings (SSSR count). The highest BCUT2D eigenvalue weighted by Crippen LogP contribution is 2.27. The summed E-state index contributed by atoms with van der Waals surface area (Å²) in [7, 11) is -4.04. The minimum atomic E-state index is -4.04. The molecule has 0 radical (unpaired) electrons. The number of nitrogens with zero attached hydrogens (tertiary/aromatic N) is 1. The van der Waals surface area contributed by atoms with Crippen LogP contribution < -0.4 is 9.62 Å². The molecule has 0 aliphatic heterocycles. The Morgan fingerprint density at radius 2 is 1.52 bits per heavy atom. The van der Waals surface area contributed by atoms with Gasteiger partial charge in [0.15, 0.2) is 0 Å². The number of anilines is 2. The largest absolute Gasteiger partial charge is 0.478 e. The minimum Gasteiger partial charge on any atom is -0.478 e. The number of para-hydroxylation sites is 2. The van der Waals surface area contributed by atoms with E-state index in [2.05, 4.69) is 5.32 Å². The number of benzene rings is 3. The first kappa shape index (κ1) is 22.0. The van der Waals surface area contributed by atoms with Gasteiger partial charge in [-0.1, -0.05) is 55.5 Å². The molecule has 3 aromatic carbocycles. The van der Waals surface area contributed by atoms with Crippen LogP contribution in [0.5, 0.6) is 0 Å². The Bertz CT molecular complexity index is 1190. The fourth-order valence-corrected chi connectivity index (χ4v) is 4.65. The number of hydrogen-bond donors (Lipinski definition) is 2. The third kappa shape index (κ3) is 4.92. The van der Waals surface area contributed by atoms with Crippen LogP contribution in [0.25, 0.3) is 0 Å². The summed E-state index contributed by atoms with van der Waals surface area (Å²) < 4.78 is 27.9. The van der Waals surface area contributed by atoms with Crippen molar-refractivity contribution >= 4 is 33.3 Å². The lowest BCUT2D eigenvalue weighted by atomic mass is 10.1. The Balaban J connectivity index is 2.00. The van der Waals surface area contributed by atoms with Crippen LogP contribution in [0.15, 0.2) is 83.8 Å². The molecule has 1 amide bonds. The van der Waals surface area contributed by atoms with Gasteiger partial charge < -0.3 is 10.4 Å². The van der Waals surface area contributed by atoms with Gasteiger partial charge in [0, 0.05) is 0 Å². The molecular formula is C23H22N2O5S. The smallest absolute Gasteiger partial charge is 0.337 e. The van der Waals surface area contributed by atoms with E-state index < -0.39 is 28.4 Å². The van der Waals surface area contributed by atoms with E-state index in [1.807, 2.05) is 6.92 Å². The molecule has 0 spiro atoms. The topological polar surface area (TPSA) is 104 Å². The number of sulfonamides is 1. The molecule has 0 bridgehead atoms.